The molecule has 0 spiro atoms. The van der Waals surface area contributed by atoms with E-state index in [1.165, 1.54) is 11.1 Å². The maximum atomic E-state index is 2.79. The van der Waals surface area contributed by atoms with Crippen molar-refractivity contribution in [2.24, 2.45) is 0 Å². The molecule has 2 unspecified atom stereocenters. The van der Waals surface area contributed by atoms with Crippen molar-refractivity contribution in [3.63, 3.8) is 0 Å². The second kappa shape index (κ2) is 7.49. The normalized spacial score (nSPS) is 22.2. The third-order valence-corrected chi connectivity index (χ3v) is 32.4. The zero-order chi connectivity index (χ0) is 20.0. The first-order valence-electron chi connectivity index (χ1n) is 10.7. The minimum atomic E-state index is -2.75. The van der Waals surface area contributed by atoms with Crippen molar-refractivity contribution >= 4 is 24.0 Å². The fraction of sp³-hybridized carbons (Fsp3) is 0.185. The van der Waals surface area contributed by atoms with E-state index < -0.39 is 19.4 Å². The molecule has 0 saturated carbocycles. The Morgan fingerprint density at radius 3 is 1.59 bits per heavy atom. The van der Waals surface area contributed by atoms with Crippen molar-refractivity contribution < 1.29 is 19.4 Å². The Hall–Kier alpha value is -1.76. The van der Waals surface area contributed by atoms with Crippen LogP contribution in [0, 0.1) is 0 Å². The van der Waals surface area contributed by atoms with Gasteiger partial charge in [-0.1, -0.05) is 0 Å². The van der Waals surface area contributed by atoms with Gasteiger partial charge in [-0.2, -0.15) is 0 Å². The van der Waals surface area contributed by atoms with Crippen LogP contribution in [0.25, 0.3) is 12.2 Å². The van der Waals surface area contributed by atoms with Crippen LogP contribution < -0.4 is 5.19 Å². The van der Waals surface area contributed by atoms with E-state index in [2.05, 4.69) is 109 Å². The molecule has 0 heterocycles. The molecule has 0 amide bonds. The molecule has 0 nitrogen and oxygen atoms in total. The summed E-state index contributed by atoms with van der Waals surface area (Å²) in [5.41, 5.74) is 9.39. The number of allylic oxidation sites excluding steroid dienone is 2. The van der Waals surface area contributed by atoms with Crippen molar-refractivity contribution in [3.8, 4) is 0 Å². The van der Waals surface area contributed by atoms with Crippen LogP contribution in [0.2, 0.25) is 4.63 Å². The van der Waals surface area contributed by atoms with Crippen molar-refractivity contribution in [1.82, 2.24) is 0 Å². The van der Waals surface area contributed by atoms with E-state index in [0.717, 1.165) is 0 Å². The van der Waals surface area contributed by atoms with Crippen LogP contribution in [0.5, 0.6) is 0 Å². The average molecular weight is 472 g/mol. The number of hydrogen-bond acceptors (Lipinski definition) is 0. The first kappa shape index (κ1) is 19.2. The molecule has 0 fully saturated rings. The quantitative estimate of drug-likeness (QED) is 0.415. The van der Waals surface area contributed by atoms with Gasteiger partial charge in [-0.05, 0) is 0 Å². The Morgan fingerprint density at radius 2 is 1.07 bits per heavy atom. The number of fused-ring (bicyclic) bond motifs is 2. The Balaban J connectivity index is 1.70. The average Bonchev–Trinajstić information content (AvgIpc) is 3.24. The molecule has 2 aliphatic rings. The Morgan fingerprint density at radius 1 is 0.621 bits per heavy atom. The van der Waals surface area contributed by atoms with E-state index in [0.29, 0.717) is 7.25 Å². The number of rotatable bonds is 4. The van der Waals surface area contributed by atoms with Gasteiger partial charge in [0.1, 0.15) is 0 Å². The molecule has 3 aromatic carbocycles. The molecule has 0 N–H and O–H groups in total. The van der Waals surface area contributed by atoms with Crippen LogP contribution in [0.4, 0.5) is 0 Å². The first-order valence-corrected chi connectivity index (χ1v) is 22.6. The number of hydrogen-bond donors (Lipinski definition) is 0. The van der Waals surface area contributed by atoms with Crippen molar-refractivity contribution in [1.29, 1.82) is 0 Å². The molecule has 5 rings (SSSR count). The summed E-state index contributed by atoms with van der Waals surface area (Å²) in [5, 5.41) is 1.65. The van der Waals surface area contributed by atoms with E-state index >= 15 is 0 Å². The van der Waals surface area contributed by atoms with Gasteiger partial charge in [0.05, 0.1) is 0 Å². The molecule has 0 radical (unpaired) electrons. The van der Waals surface area contributed by atoms with Gasteiger partial charge in [0.2, 0.25) is 0 Å². The maximum absolute atomic E-state index is 2.79. The van der Waals surface area contributed by atoms with E-state index in [4.69, 9.17) is 0 Å². The predicted octanol–water partition coefficient (Wildman–Crippen LogP) is 5.91. The summed E-state index contributed by atoms with van der Waals surface area (Å²) in [6.07, 6.45) is 4.96. The van der Waals surface area contributed by atoms with E-state index in [1.807, 2.05) is 0 Å². The van der Waals surface area contributed by atoms with Gasteiger partial charge in [0, 0.05) is 0 Å². The zero-order valence-corrected chi connectivity index (χ0v) is 21.4. The fourth-order valence-electron chi connectivity index (χ4n) is 6.12. The Kier molecular flexibility index (Phi) is 4.96. The molecule has 2 aliphatic carbocycles. The van der Waals surface area contributed by atoms with E-state index in [-0.39, 0.29) is 6.65 Å². The molecule has 144 valence electrons. The second-order valence-corrected chi connectivity index (χ2v) is 32.1. The van der Waals surface area contributed by atoms with Crippen LogP contribution >= 0.6 is 0 Å². The zero-order valence-electron chi connectivity index (χ0n) is 17.5. The molecule has 0 aromatic heterocycles. The van der Waals surface area contributed by atoms with E-state index in [9.17, 15) is 0 Å². The third kappa shape index (κ3) is 3.22. The summed E-state index contributed by atoms with van der Waals surface area (Å²) in [6, 6.07) is 29.8. The van der Waals surface area contributed by atoms with Gasteiger partial charge in [-0.15, -0.1) is 0 Å². The van der Waals surface area contributed by atoms with Crippen molar-refractivity contribution in [2.75, 3.05) is 0 Å². The van der Waals surface area contributed by atoms with Crippen LogP contribution in [0.15, 0.2) is 90.0 Å². The molecule has 2 atom stereocenters. The van der Waals surface area contributed by atoms with Crippen molar-refractivity contribution in [3.05, 3.63) is 112 Å². The standard InChI is InChI=1S/2C10H9.C6H7Si.CH3.Zr/c2*1-8-6-9-4-2-3-5-10(9)7-8;7-6-4-2-1-3-5-6;;/h2*2-7H,1H3;1-5H,7H2;1H3;. The van der Waals surface area contributed by atoms with Crippen LogP contribution in [0.3, 0.4) is 0 Å². The Bertz CT molecular complexity index is 1060. The molecular weight excluding hydrogens is 444 g/mol. The first-order chi connectivity index (χ1) is 14.1. The van der Waals surface area contributed by atoms with Gasteiger partial charge < -0.3 is 0 Å². The summed E-state index contributed by atoms with van der Waals surface area (Å²) in [6.45, 7) is 4.44. The Labute approximate surface area is 180 Å². The second-order valence-electron chi connectivity index (χ2n) is 9.07. The molecule has 0 bridgehead atoms. The van der Waals surface area contributed by atoms with Gasteiger partial charge in [-0.25, -0.2) is 0 Å². The molecule has 3 aromatic rings. The summed E-state index contributed by atoms with van der Waals surface area (Å²) >= 11 is -2.75. The molecular formula is C27H28SiZr. The summed E-state index contributed by atoms with van der Waals surface area (Å²) in [7, 11) is 0. The molecule has 0 aliphatic heterocycles. The molecule has 2 heteroatoms. The van der Waals surface area contributed by atoms with Gasteiger partial charge >= 0.3 is 181 Å². The van der Waals surface area contributed by atoms with E-state index in [1.54, 1.807) is 27.5 Å². The van der Waals surface area contributed by atoms with Crippen LogP contribution in [-0.4, -0.2) is 6.65 Å². The van der Waals surface area contributed by atoms with Crippen molar-refractivity contribution in [2.45, 2.75) is 25.7 Å². The third-order valence-electron chi connectivity index (χ3n) is 7.04. The van der Waals surface area contributed by atoms with Gasteiger partial charge in [-0.3, -0.25) is 0 Å². The summed E-state index contributed by atoms with van der Waals surface area (Å²) < 4.78 is 4.17. The van der Waals surface area contributed by atoms with Gasteiger partial charge in [0.15, 0.2) is 0 Å². The summed E-state index contributed by atoms with van der Waals surface area (Å²) in [4.78, 5) is 0. The van der Waals surface area contributed by atoms with Gasteiger partial charge in [0.25, 0.3) is 0 Å². The monoisotopic (exact) mass is 470 g/mol. The summed E-state index contributed by atoms with van der Waals surface area (Å²) in [5.74, 6) is 0. The molecule has 0 saturated heterocycles. The minimum absolute atomic E-state index is 0.367. The fourth-order valence-corrected chi connectivity index (χ4v) is 36.7. The topological polar surface area (TPSA) is 0 Å². The van der Waals surface area contributed by atoms with Crippen LogP contribution in [0.1, 0.15) is 43.4 Å². The molecule has 29 heavy (non-hydrogen) atoms. The van der Waals surface area contributed by atoms with Crippen LogP contribution in [-0.2, 0) is 19.4 Å². The predicted molar refractivity (Wildman–Crippen MR) is 126 cm³/mol. The SMILES string of the molecule is CC1=Cc2ccccc2[CH]1[Zr]([CH3])([SiH2]c1ccccc1)[CH]1C(C)=Cc2ccccc21. The number of benzene rings is 3.